The number of carbonyl (C=O) groups is 1. The number of unbranched alkanes of at least 4 members (excludes halogenated alkanes) is 1. The smallest absolute Gasteiger partial charge is 0.238 e. The largest absolute Gasteiger partial charge is 0.299 e. The topological polar surface area (TPSA) is 41.1 Å². The van der Waals surface area contributed by atoms with Crippen LogP contribution in [0.1, 0.15) is 31.7 Å². The number of hydrazine groups is 1. The number of carbonyl (C=O) groups excluding carboxylic acids is 1. The zero-order chi connectivity index (χ0) is 11.1. The van der Waals surface area contributed by atoms with Gasteiger partial charge >= 0.3 is 0 Å². The monoisotopic (exact) mass is 206 g/mol. The normalized spacial score (nSPS) is 9.73. The highest BCUT2D eigenvalue weighted by Crippen LogP contribution is 2.06. The van der Waals surface area contributed by atoms with Crippen LogP contribution in [0.4, 0.5) is 5.69 Å². The van der Waals surface area contributed by atoms with E-state index in [1.54, 1.807) is 0 Å². The van der Waals surface area contributed by atoms with Crippen molar-refractivity contribution in [3.63, 3.8) is 0 Å². The molecule has 1 amide bonds. The lowest BCUT2D eigenvalue weighted by atomic mass is 10.2. The molecule has 1 aromatic rings. The Morgan fingerprint density at radius 2 is 1.93 bits per heavy atom. The minimum Gasteiger partial charge on any atom is -0.299 e. The lowest BCUT2D eigenvalue weighted by Crippen LogP contribution is -2.28. The van der Waals surface area contributed by atoms with Gasteiger partial charge in [-0.2, -0.15) is 0 Å². The number of hydrogen-bond donors (Lipinski definition) is 2. The SMILES string of the molecule is CCCCC(=O)NNc1ccc(C)cc1. The Hall–Kier alpha value is -1.51. The predicted octanol–water partition coefficient (Wildman–Crippen LogP) is 2.63. The average Bonchev–Trinajstić information content (AvgIpc) is 2.25. The van der Waals surface area contributed by atoms with Gasteiger partial charge in [0.2, 0.25) is 5.91 Å². The first-order valence-corrected chi connectivity index (χ1v) is 5.34. The van der Waals surface area contributed by atoms with Gasteiger partial charge in [-0.15, -0.1) is 0 Å². The van der Waals surface area contributed by atoms with Crippen LogP contribution < -0.4 is 10.9 Å². The average molecular weight is 206 g/mol. The van der Waals surface area contributed by atoms with E-state index in [-0.39, 0.29) is 5.91 Å². The van der Waals surface area contributed by atoms with Crippen molar-refractivity contribution in [3.8, 4) is 0 Å². The second-order valence-electron chi connectivity index (χ2n) is 3.64. The number of aryl methyl sites for hydroxylation is 1. The summed E-state index contributed by atoms with van der Waals surface area (Å²) in [5, 5.41) is 0. The van der Waals surface area contributed by atoms with Crippen LogP contribution in [-0.2, 0) is 4.79 Å². The number of hydrogen-bond acceptors (Lipinski definition) is 2. The summed E-state index contributed by atoms with van der Waals surface area (Å²) in [4.78, 5) is 11.3. The third kappa shape index (κ3) is 4.49. The van der Waals surface area contributed by atoms with E-state index in [0.29, 0.717) is 6.42 Å². The number of nitrogens with one attached hydrogen (secondary N) is 2. The number of anilines is 1. The molecule has 0 spiro atoms. The van der Waals surface area contributed by atoms with Crippen LogP contribution in [0.15, 0.2) is 24.3 Å². The van der Waals surface area contributed by atoms with E-state index in [0.717, 1.165) is 18.5 Å². The van der Waals surface area contributed by atoms with Gasteiger partial charge in [-0.3, -0.25) is 15.6 Å². The summed E-state index contributed by atoms with van der Waals surface area (Å²) in [6.07, 6.45) is 2.55. The molecule has 3 nitrogen and oxygen atoms in total. The van der Waals surface area contributed by atoms with Gasteiger partial charge in [-0.05, 0) is 25.5 Å². The number of rotatable bonds is 5. The van der Waals surface area contributed by atoms with Crippen LogP contribution in [0, 0.1) is 6.92 Å². The van der Waals surface area contributed by atoms with Crippen molar-refractivity contribution >= 4 is 11.6 Å². The molecule has 3 heteroatoms. The van der Waals surface area contributed by atoms with Crippen LogP contribution >= 0.6 is 0 Å². The standard InChI is InChI=1S/C12H18N2O/c1-3-4-5-12(15)14-13-11-8-6-10(2)7-9-11/h6-9,13H,3-5H2,1-2H3,(H,14,15). The fraction of sp³-hybridized carbons (Fsp3) is 0.417. The Balaban J connectivity index is 2.30. The Morgan fingerprint density at radius 3 is 2.53 bits per heavy atom. The maximum absolute atomic E-state index is 11.3. The number of amides is 1. The fourth-order valence-corrected chi connectivity index (χ4v) is 1.18. The van der Waals surface area contributed by atoms with Crippen LogP contribution in [0.5, 0.6) is 0 Å². The summed E-state index contributed by atoms with van der Waals surface area (Å²) in [7, 11) is 0. The van der Waals surface area contributed by atoms with Crippen LogP contribution in [0.25, 0.3) is 0 Å². The second kappa shape index (κ2) is 6.06. The Labute approximate surface area is 90.9 Å². The van der Waals surface area contributed by atoms with Gasteiger partial charge < -0.3 is 0 Å². The molecule has 0 unspecified atom stereocenters. The van der Waals surface area contributed by atoms with E-state index in [9.17, 15) is 4.79 Å². The van der Waals surface area contributed by atoms with Gasteiger partial charge in [-0.25, -0.2) is 0 Å². The van der Waals surface area contributed by atoms with Crippen molar-refractivity contribution in [2.75, 3.05) is 5.43 Å². The molecule has 0 bridgehead atoms. The van der Waals surface area contributed by atoms with E-state index in [4.69, 9.17) is 0 Å². The molecule has 82 valence electrons. The van der Waals surface area contributed by atoms with Crippen LogP contribution in [0.3, 0.4) is 0 Å². The molecule has 0 aliphatic heterocycles. The van der Waals surface area contributed by atoms with E-state index < -0.39 is 0 Å². The zero-order valence-corrected chi connectivity index (χ0v) is 9.34. The molecule has 0 aliphatic rings. The van der Waals surface area contributed by atoms with Crippen molar-refractivity contribution in [2.45, 2.75) is 33.1 Å². The van der Waals surface area contributed by atoms with E-state index in [2.05, 4.69) is 17.8 Å². The van der Waals surface area contributed by atoms with Gasteiger partial charge in [0.25, 0.3) is 0 Å². The second-order valence-corrected chi connectivity index (χ2v) is 3.64. The van der Waals surface area contributed by atoms with Gasteiger partial charge in [-0.1, -0.05) is 31.0 Å². The molecule has 0 fully saturated rings. The van der Waals surface area contributed by atoms with Crippen molar-refractivity contribution < 1.29 is 4.79 Å². The molecule has 0 aromatic heterocycles. The summed E-state index contributed by atoms with van der Waals surface area (Å²) >= 11 is 0. The van der Waals surface area contributed by atoms with Crippen molar-refractivity contribution in [2.24, 2.45) is 0 Å². The van der Waals surface area contributed by atoms with Crippen molar-refractivity contribution in [1.82, 2.24) is 5.43 Å². The Bertz CT molecular complexity index is 306. The molecule has 15 heavy (non-hydrogen) atoms. The van der Waals surface area contributed by atoms with E-state index in [1.807, 2.05) is 31.2 Å². The van der Waals surface area contributed by atoms with Crippen LogP contribution in [-0.4, -0.2) is 5.91 Å². The third-order valence-electron chi connectivity index (χ3n) is 2.16. The summed E-state index contributed by atoms with van der Waals surface area (Å²) in [6, 6.07) is 7.88. The molecular weight excluding hydrogens is 188 g/mol. The zero-order valence-electron chi connectivity index (χ0n) is 9.34. The van der Waals surface area contributed by atoms with Gasteiger partial charge in [0.15, 0.2) is 0 Å². The fourth-order valence-electron chi connectivity index (χ4n) is 1.18. The lowest BCUT2D eigenvalue weighted by Gasteiger charge is -2.08. The van der Waals surface area contributed by atoms with Gasteiger partial charge in [0, 0.05) is 6.42 Å². The summed E-state index contributed by atoms with van der Waals surface area (Å²) in [5.74, 6) is 0.0393. The first-order chi connectivity index (χ1) is 7.22. The highest BCUT2D eigenvalue weighted by Gasteiger charge is 1.98. The minimum atomic E-state index is 0.0393. The molecule has 0 saturated carbocycles. The predicted molar refractivity (Wildman–Crippen MR) is 62.5 cm³/mol. The third-order valence-corrected chi connectivity index (χ3v) is 2.16. The minimum absolute atomic E-state index is 0.0393. The van der Waals surface area contributed by atoms with Crippen molar-refractivity contribution in [3.05, 3.63) is 29.8 Å². The summed E-state index contributed by atoms with van der Waals surface area (Å²) < 4.78 is 0. The molecule has 2 N–H and O–H groups in total. The summed E-state index contributed by atoms with van der Waals surface area (Å²) in [5.41, 5.74) is 7.66. The highest BCUT2D eigenvalue weighted by molar-refractivity contribution is 5.77. The Morgan fingerprint density at radius 1 is 1.27 bits per heavy atom. The maximum Gasteiger partial charge on any atom is 0.238 e. The molecule has 0 radical (unpaired) electrons. The molecule has 0 aliphatic carbocycles. The van der Waals surface area contributed by atoms with E-state index >= 15 is 0 Å². The van der Waals surface area contributed by atoms with Crippen molar-refractivity contribution in [1.29, 1.82) is 0 Å². The maximum atomic E-state index is 11.3. The molecule has 0 atom stereocenters. The molecule has 1 rings (SSSR count). The van der Waals surface area contributed by atoms with Crippen LogP contribution in [0.2, 0.25) is 0 Å². The van der Waals surface area contributed by atoms with Gasteiger partial charge in [0.05, 0.1) is 5.69 Å². The first kappa shape index (κ1) is 11.6. The summed E-state index contributed by atoms with van der Waals surface area (Å²) in [6.45, 7) is 4.10. The number of benzene rings is 1. The first-order valence-electron chi connectivity index (χ1n) is 5.34. The quantitative estimate of drug-likeness (QED) is 0.727. The molecule has 1 aromatic carbocycles. The van der Waals surface area contributed by atoms with Gasteiger partial charge in [0.1, 0.15) is 0 Å². The van der Waals surface area contributed by atoms with E-state index in [1.165, 1.54) is 5.56 Å². The molecule has 0 heterocycles. The molecular formula is C12H18N2O. The lowest BCUT2D eigenvalue weighted by molar-refractivity contribution is -0.120. The molecule has 0 saturated heterocycles. The highest BCUT2D eigenvalue weighted by atomic mass is 16.2. The Kier molecular flexibility index (Phi) is 4.68.